The molecular formula is C17H16ClF3N2O. The van der Waals surface area contributed by atoms with E-state index in [2.05, 4.69) is 10.6 Å². The van der Waals surface area contributed by atoms with Gasteiger partial charge in [0.2, 0.25) is 5.91 Å². The van der Waals surface area contributed by atoms with Gasteiger partial charge in [-0.15, -0.1) is 0 Å². The Hall–Kier alpha value is -2.05. The van der Waals surface area contributed by atoms with E-state index in [0.717, 1.165) is 11.6 Å². The maximum atomic E-state index is 12.8. The molecule has 0 bridgehead atoms. The molecule has 0 radical (unpaired) electrons. The normalized spacial score (nSPS) is 11.3. The van der Waals surface area contributed by atoms with Gasteiger partial charge in [0.25, 0.3) is 0 Å². The lowest BCUT2D eigenvalue weighted by Gasteiger charge is -2.13. The van der Waals surface area contributed by atoms with Crippen molar-refractivity contribution in [2.75, 3.05) is 18.4 Å². The fourth-order valence-corrected chi connectivity index (χ4v) is 2.25. The third-order valence-corrected chi connectivity index (χ3v) is 3.55. The largest absolute Gasteiger partial charge is 0.418 e. The van der Waals surface area contributed by atoms with Crippen molar-refractivity contribution in [1.29, 1.82) is 0 Å². The molecule has 0 heterocycles. The number of amides is 1. The van der Waals surface area contributed by atoms with Crippen molar-refractivity contribution in [2.45, 2.75) is 12.6 Å². The van der Waals surface area contributed by atoms with Gasteiger partial charge in [-0.3, -0.25) is 4.79 Å². The zero-order valence-electron chi connectivity index (χ0n) is 12.7. The van der Waals surface area contributed by atoms with E-state index in [-0.39, 0.29) is 12.2 Å². The van der Waals surface area contributed by atoms with E-state index in [1.54, 1.807) is 12.1 Å². The molecule has 0 saturated carbocycles. The molecular weight excluding hydrogens is 341 g/mol. The van der Waals surface area contributed by atoms with Crippen molar-refractivity contribution < 1.29 is 18.0 Å². The molecule has 2 aromatic rings. The van der Waals surface area contributed by atoms with Gasteiger partial charge in [0.15, 0.2) is 0 Å². The number of carbonyl (C=O) groups is 1. The molecule has 2 aromatic carbocycles. The fourth-order valence-electron chi connectivity index (χ4n) is 2.12. The summed E-state index contributed by atoms with van der Waals surface area (Å²) < 4.78 is 38.5. The summed E-state index contributed by atoms with van der Waals surface area (Å²) in [6.07, 6.45) is -3.82. The van der Waals surface area contributed by atoms with Crippen LogP contribution in [0.4, 0.5) is 18.9 Å². The molecule has 0 saturated heterocycles. The number of anilines is 1. The summed E-state index contributed by atoms with van der Waals surface area (Å²) in [5.74, 6) is -0.525. The van der Waals surface area contributed by atoms with Crippen molar-refractivity contribution in [3.8, 4) is 0 Å². The minimum absolute atomic E-state index is 0.0697. The standard InChI is InChI=1S/C17H16ClF3N2O/c18-13-7-5-12(6-8-13)9-10-22-11-16(24)23-15-4-2-1-3-14(15)17(19,20)21/h1-8,22H,9-11H2,(H,23,24). The second kappa shape index (κ2) is 8.17. The number of rotatable bonds is 6. The van der Waals surface area contributed by atoms with Crippen molar-refractivity contribution in [3.63, 3.8) is 0 Å². The third kappa shape index (κ3) is 5.54. The average Bonchev–Trinajstić information content (AvgIpc) is 2.53. The maximum Gasteiger partial charge on any atom is 0.418 e. The Balaban J connectivity index is 1.81. The number of hydrogen-bond donors (Lipinski definition) is 2. The van der Waals surface area contributed by atoms with Crippen LogP contribution in [0.2, 0.25) is 5.02 Å². The first kappa shape index (κ1) is 18.3. The van der Waals surface area contributed by atoms with Crippen molar-refractivity contribution in [1.82, 2.24) is 5.32 Å². The Bertz CT molecular complexity index is 687. The summed E-state index contributed by atoms with van der Waals surface area (Å²) in [4.78, 5) is 11.8. The molecule has 7 heteroatoms. The van der Waals surface area contributed by atoms with Crippen LogP contribution in [0, 0.1) is 0 Å². The van der Waals surface area contributed by atoms with Gasteiger partial charge in [-0.1, -0.05) is 35.9 Å². The third-order valence-electron chi connectivity index (χ3n) is 3.30. The summed E-state index contributed by atoms with van der Waals surface area (Å²) >= 11 is 5.79. The predicted octanol–water partition coefficient (Wildman–Crippen LogP) is 4.13. The highest BCUT2D eigenvalue weighted by atomic mass is 35.5. The number of benzene rings is 2. The van der Waals surface area contributed by atoms with Gasteiger partial charge in [0, 0.05) is 5.02 Å². The van der Waals surface area contributed by atoms with Crippen LogP contribution in [0.5, 0.6) is 0 Å². The minimum atomic E-state index is -4.51. The zero-order valence-corrected chi connectivity index (χ0v) is 13.4. The number of hydrogen-bond acceptors (Lipinski definition) is 2. The predicted molar refractivity (Wildman–Crippen MR) is 88.1 cm³/mol. The van der Waals surface area contributed by atoms with E-state index in [9.17, 15) is 18.0 Å². The van der Waals surface area contributed by atoms with Crippen LogP contribution < -0.4 is 10.6 Å². The molecule has 2 N–H and O–H groups in total. The lowest BCUT2D eigenvalue weighted by atomic mass is 10.1. The van der Waals surface area contributed by atoms with Gasteiger partial charge in [0.05, 0.1) is 17.8 Å². The van der Waals surface area contributed by atoms with Crippen molar-refractivity contribution in [3.05, 3.63) is 64.7 Å². The Morgan fingerprint density at radius 1 is 1.04 bits per heavy atom. The van der Waals surface area contributed by atoms with E-state index in [1.807, 2.05) is 12.1 Å². The van der Waals surface area contributed by atoms with Crippen molar-refractivity contribution >= 4 is 23.2 Å². The minimum Gasteiger partial charge on any atom is -0.324 e. The van der Waals surface area contributed by atoms with Crippen LogP contribution in [0.1, 0.15) is 11.1 Å². The van der Waals surface area contributed by atoms with E-state index >= 15 is 0 Å². The Kier molecular flexibility index (Phi) is 6.23. The summed E-state index contributed by atoms with van der Waals surface area (Å²) in [5, 5.41) is 5.83. The average molecular weight is 357 g/mol. The highest BCUT2D eigenvalue weighted by molar-refractivity contribution is 6.30. The monoisotopic (exact) mass is 356 g/mol. The molecule has 1 amide bonds. The van der Waals surface area contributed by atoms with E-state index < -0.39 is 17.6 Å². The van der Waals surface area contributed by atoms with Gasteiger partial charge < -0.3 is 10.6 Å². The van der Waals surface area contributed by atoms with Gasteiger partial charge in [-0.2, -0.15) is 13.2 Å². The van der Waals surface area contributed by atoms with Crippen LogP contribution >= 0.6 is 11.6 Å². The van der Waals surface area contributed by atoms with Gasteiger partial charge >= 0.3 is 6.18 Å². The molecule has 0 aromatic heterocycles. The molecule has 0 spiro atoms. The molecule has 128 valence electrons. The first-order chi connectivity index (χ1) is 11.4. The number of carbonyl (C=O) groups excluding carboxylic acids is 1. The quantitative estimate of drug-likeness (QED) is 0.764. The highest BCUT2D eigenvalue weighted by Gasteiger charge is 2.33. The Morgan fingerprint density at radius 2 is 1.71 bits per heavy atom. The number of halogens is 4. The SMILES string of the molecule is O=C(CNCCc1ccc(Cl)cc1)Nc1ccccc1C(F)(F)F. The molecule has 0 atom stereocenters. The molecule has 24 heavy (non-hydrogen) atoms. The molecule has 0 aliphatic heterocycles. The van der Waals surface area contributed by atoms with Crippen LogP contribution in [0.3, 0.4) is 0 Å². The van der Waals surface area contributed by atoms with Gasteiger partial charge in [0.1, 0.15) is 0 Å². The summed E-state index contributed by atoms with van der Waals surface area (Å²) in [5.41, 5.74) is -0.0521. The number of nitrogens with one attached hydrogen (secondary N) is 2. The summed E-state index contributed by atoms with van der Waals surface area (Å²) in [6, 6.07) is 12.2. The zero-order chi connectivity index (χ0) is 17.6. The lowest BCUT2D eigenvalue weighted by Crippen LogP contribution is -2.30. The van der Waals surface area contributed by atoms with Crippen LogP contribution in [0.15, 0.2) is 48.5 Å². The smallest absolute Gasteiger partial charge is 0.324 e. The molecule has 0 aliphatic rings. The van der Waals surface area contributed by atoms with E-state index in [0.29, 0.717) is 18.0 Å². The lowest BCUT2D eigenvalue weighted by molar-refractivity contribution is -0.137. The number of alkyl halides is 3. The van der Waals surface area contributed by atoms with Crippen molar-refractivity contribution in [2.24, 2.45) is 0 Å². The fraction of sp³-hybridized carbons (Fsp3) is 0.235. The highest BCUT2D eigenvalue weighted by Crippen LogP contribution is 2.34. The molecule has 0 fully saturated rings. The topological polar surface area (TPSA) is 41.1 Å². The second-order valence-corrected chi connectivity index (χ2v) is 5.58. The number of para-hydroxylation sites is 1. The van der Waals surface area contributed by atoms with E-state index in [4.69, 9.17) is 11.6 Å². The summed E-state index contributed by atoms with van der Waals surface area (Å²) in [6.45, 7) is 0.454. The molecule has 3 nitrogen and oxygen atoms in total. The molecule has 0 unspecified atom stereocenters. The Labute approximate surface area is 142 Å². The second-order valence-electron chi connectivity index (χ2n) is 5.14. The first-order valence-corrected chi connectivity index (χ1v) is 7.65. The van der Waals surface area contributed by atoms with Crippen LogP contribution in [-0.4, -0.2) is 19.0 Å². The van der Waals surface area contributed by atoms with Gasteiger partial charge in [-0.05, 0) is 42.8 Å². The van der Waals surface area contributed by atoms with E-state index in [1.165, 1.54) is 18.2 Å². The first-order valence-electron chi connectivity index (χ1n) is 7.27. The van der Waals surface area contributed by atoms with Crippen LogP contribution in [-0.2, 0) is 17.4 Å². The maximum absolute atomic E-state index is 12.8. The molecule has 2 rings (SSSR count). The molecule has 0 aliphatic carbocycles. The van der Waals surface area contributed by atoms with Gasteiger partial charge in [-0.25, -0.2) is 0 Å². The Morgan fingerprint density at radius 3 is 2.38 bits per heavy atom. The van der Waals surface area contributed by atoms with Crippen LogP contribution in [0.25, 0.3) is 0 Å². The summed E-state index contributed by atoms with van der Waals surface area (Å²) in [7, 11) is 0.